The van der Waals surface area contributed by atoms with Gasteiger partial charge in [0.05, 0.1) is 12.8 Å². The summed E-state index contributed by atoms with van der Waals surface area (Å²) < 4.78 is 11.2. The number of ether oxygens (including phenoxy) is 2. The molecule has 0 spiro atoms. The Hall–Kier alpha value is -4.66. The molecule has 3 N–H and O–H groups in total. The topological polar surface area (TPSA) is 118 Å². The van der Waals surface area contributed by atoms with Crippen molar-refractivity contribution in [1.29, 1.82) is 0 Å². The van der Waals surface area contributed by atoms with Gasteiger partial charge in [-0.05, 0) is 41.8 Å². The fourth-order valence-corrected chi connectivity index (χ4v) is 3.06. The van der Waals surface area contributed by atoms with Crippen LogP contribution < -0.4 is 25.5 Å². The minimum atomic E-state index is -0.881. The third kappa shape index (κ3) is 8.60. The number of carbonyl (C=O) groups is 3. The van der Waals surface area contributed by atoms with Crippen LogP contribution in [-0.4, -0.2) is 37.1 Å². The predicted octanol–water partition coefficient (Wildman–Crippen LogP) is 2.55. The molecule has 0 aliphatic carbocycles. The van der Waals surface area contributed by atoms with Crippen molar-refractivity contribution in [1.82, 2.24) is 16.1 Å². The molecule has 3 rings (SSSR count). The normalized spacial score (nSPS) is 10.5. The van der Waals surface area contributed by atoms with Gasteiger partial charge in [-0.15, -0.1) is 0 Å². The van der Waals surface area contributed by atoms with E-state index in [1.165, 1.54) is 6.21 Å². The number of amides is 3. The molecule has 0 atom stereocenters. The molecule has 0 heterocycles. The second-order valence-corrected chi connectivity index (χ2v) is 7.56. The minimum absolute atomic E-state index is 0.172. The molecular formula is C27H28N4O5. The molecule has 3 aromatic rings. The van der Waals surface area contributed by atoms with Crippen LogP contribution >= 0.6 is 0 Å². The van der Waals surface area contributed by atoms with Gasteiger partial charge in [-0.2, -0.15) is 5.10 Å². The lowest BCUT2D eigenvalue weighted by Crippen LogP contribution is -2.37. The molecule has 0 aliphatic rings. The highest BCUT2D eigenvalue weighted by Crippen LogP contribution is 2.28. The molecular weight excluding hydrogens is 460 g/mol. The Morgan fingerprint density at radius 1 is 0.778 bits per heavy atom. The number of nitrogens with one attached hydrogen (secondary N) is 3. The van der Waals surface area contributed by atoms with E-state index >= 15 is 0 Å². The van der Waals surface area contributed by atoms with Crippen molar-refractivity contribution in [2.24, 2.45) is 5.10 Å². The largest absolute Gasteiger partial charge is 0.490 e. The van der Waals surface area contributed by atoms with E-state index in [2.05, 4.69) is 21.2 Å². The number of nitrogens with zero attached hydrogens (tertiary/aromatic N) is 1. The third-order valence-corrected chi connectivity index (χ3v) is 4.84. The summed E-state index contributed by atoms with van der Waals surface area (Å²) in [5.41, 5.74) is 4.66. The maximum atomic E-state index is 12.1. The Balaban J connectivity index is 1.49. The van der Waals surface area contributed by atoms with Crippen molar-refractivity contribution in [3.63, 3.8) is 0 Å². The van der Waals surface area contributed by atoms with Crippen LogP contribution in [0.4, 0.5) is 0 Å². The van der Waals surface area contributed by atoms with Crippen LogP contribution in [0.5, 0.6) is 11.5 Å². The van der Waals surface area contributed by atoms with Crippen molar-refractivity contribution >= 4 is 23.9 Å². The van der Waals surface area contributed by atoms with E-state index in [0.717, 1.165) is 11.1 Å². The quantitative estimate of drug-likeness (QED) is 0.218. The molecule has 9 heteroatoms. The summed E-state index contributed by atoms with van der Waals surface area (Å²) in [4.78, 5) is 36.0. The average Bonchev–Trinajstić information content (AvgIpc) is 2.91. The molecule has 9 nitrogen and oxygen atoms in total. The maximum absolute atomic E-state index is 12.1. The van der Waals surface area contributed by atoms with Gasteiger partial charge in [0, 0.05) is 13.1 Å². The van der Waals surface area contributed by atoms with E-state index in [9.17, 15) is 14.4 Å². The molecule has 3 amide bonds. The first-order valence-electron chi connectivity index (χ1n) is 11.4. The summed E-state index contributed by atoms with van der Waals surface area (Å²) in [5.74, 6) is -1.12. The summed E-state index contributed by atoms with van der Waals surface area (Å²) in [7, 11) is 0. The van der Waals surface area contributed by atoms with Crippen molar-refractivity contribution in [2.45, 2.75) is 20.0 Å². The van der Waals surface area contributed by atoms with Gasteiger partial charge in [-0.25, -0.2) is 5.43 Å². The summed E-state index contributed by atoms with van der Waals surface area (Å²) >= 11 is 0. The highest BCUT2D eigenvalue weighted by atomic mass is 16.5. The molecule has 0 saturated carbocycles. The SMILES string of the molecule is CCOc1cc(/C=N\NC(=O)C(=O)NCc2ccccc2)ccc1OCC(=O)NCc1ccccc1. The average molecular weight is 489 g/mol. The highest BCUT2D eigenvalue weighted by molar-refractivity contribution is 6.35. The van der Waals surface area contributed by atoms with E-state index in [1.807, 2.05) is 67.6 Å². The van der Waals surface area contributed by atoms with Crippen LogP contribution in [-0.2, 0) is 27.5 Å². The standard InChI is InChI=1S/C27H28N4O5/c1-2-35-24-15-22(18-30-31-27(34)26(33)29-17-21-11-7-4-8-12-21)13-14-23(24)36-19-25(32)28-16-20-9-5-3-6-10-20/h3-15,18H,2,16-17,19H2,1H3,(H,28,32)(H,29,33)(H,31,34)/b30-18-. The number of benzene rings is 3. The van der Waals surface area contributed by atoms with Gasteiger partial charge in [0.1, 0.15) is 0 Å². The van der Waals surface area contributed by atoms with Gasteiger partial charge in [0.15, 0.2) is 18.1 Å². The Kier molecular flexibility index (Phi) is 10.0. The molecule has 0 aliphatic heterocycles. The number of hydrogen-bond donors (Lipinski definition) is 3. The predicted molar refractivity (Wildman–Crippen MR) is 135 cm³/mol. The van der Waals surface area contributed by atoms with E-state index in [0.29, 0.717) is 30.2 Å². The van der Waals surface area contributed by atoms with Gasteiger partial charge < -0.3 is 20.1 Å². The first kappa shape index (κ1) is 26.0. The maximum Gasteiger partial charge on any atom is 0.329 e. The molecule has 0 saturated heterocycles. The van der Waals surface area contributed by atoms with Gasteiger partial charge in [0.25, 0.3) is 5.91 Å². The zero-order chi connectivity index (χ0) is 25.6. The lowest BCUT2D eigenvalue weighted by Gasteiger charge is -2.12. The van der Waals surface area contributed by atoms with Crippen molar-refractivity contribution in [2.75, 3.05) is 13.2 Å². The zero-order valence-electron chi connectivity index (χ0n) is 19.9. The number of rotatable bonds is 11. The number of carbonyl (C=O) groups excluding carboxylic acids is 3. The first-order valence-corrected chi connectivity index (χ1v) is 11.4. The zero-order valence-corrected chi connectivity index (χ0v) is 19.9. The van der Waals surface area contributed by atoms with Crippen molar-refractivity contribution in [3.05, 3.63) is 95.6 Å². The number of hydrazone groups is 1. The second-order valence-electron chi connectivity index (χ2n) is 7.56. The highest BCUT2D eigenvalue weighted by Gasteiger charge is 2.12. The van der Waals surface area contributed by atoms with Crippen LogP contribution in [0.3, 0.4) is 0 Å². The summed E-state index contributed by atoms with van der Waals surface area (Å²) in [6.07, 6.45) is 1.38. The monoisotopic (exact) mass is 488 g/mol. The van der Waals surface area contributed by atoms with Gasteiger partial charge in [-0.3, -0.25) is 14.4 Å². The lowest BCUT2D eigenvalue weighted by molar-refractivity contribution is -0.139. The van der Waals surface area contributed by atoms with Crippen LogP contribution in [0.2, 0.25) is 0 Å². The Labute approximate surface area is 209 Å². The summed E-state index contributed by atoms with van der Waals surface area (Å²) in [6, 6.07) is 23.8. The molecule has 3 aromatic carbocycles. The lowest BCUT2D eigenvalue weighted by atomic mass is 10.2. The van der Waals surface area contributed by atoms with Crippen molar-refractivity contribution < 1.29 is 23.9 Å². The van der Waals surface area contributed by atoms with Crippen LogP contribution in [0, 0.1) is 0 Å². The minimum Gasteiger partial charge on any atom is -0.490 e. The van der Waals surface area contributed by atoms with E-state index in [-0.39, 0.29) is 19.1 Å². The Morgan fingerprint density at radius 2 is 1.42 bits per heavy atom. The molecule has 0 radical (unpaired) electrons. The molecule has 36 heavy (non-hydrogen) atoms. The summed E-state index contributed by atoms with van der Waals surface area (Å²) in [6.45, 7) is 2.68. The van der Waals surface area contributed by atoms with Gasteiger partial charge in [-0.1, -0.05) is 60.7 Å². The molecule has 0 fully saturated rings. The van der Waals surface area contributed by atoms with Crippen LogP contribution in [0.15, 0.2) is 84.0 Å². The first-order chi connectivity index (χ1) is 17.5. The third-order valence-electron chi connectivity index (χ3n) is 4.84. The smallest absolute Gasteiger partial charge is 0.329 e. The molecule has 0 unspecified atom stereocenters. The van der Waals surface area contributed by atoms with E-state index in [1.54, 1.807) is 18.2 Å². The van der Waals surface area contributed by atoms with Gasteiger partial charge >= 0.3 is 11.8 Å². The summed E-state index contributed by atoms with van der Waals surface area (Å²) in [5, 5.41) is 9.16. The van der Waals surface area contributed by atoms with Crippen LogP contribution in [0.1, 0.15) is 23.6 Å². The van der Waals surface area contributed by atoms with Gasteiger partial charge in [0.2, 0.25) is 0 Å². The Bertz CT molecular complexity index is 1180. The van der Waals surface area contributed by atoms with Crippen molar-refractivity contribution in [3.8, 4) is 11.5 Å². The molecule has 0 aromatic heterocycles. The fraction of sp³-hybridized carbons (Fsp3) is 0.185. The van der Waals surface area contributed by atoms with E-state index < -0.39 is 11.8 Å². The van der Waals surface area contributed by atoms with E-state index in [4.69, 9.17) is 9.47 Å². The molecule has 186 valence electrons. The Morgan fingerprint density at radius 3 is 2.06 bits per heavy atom. The second kappa shape index (κ2) is 13.9. The fourth-order valence-electron chi connectivity index (χ4n) is 3.06. The number of hydrogen-bond acceptors (Lipinski definition) is 6. The van der Waals surface area contributed by atoms with Crippen LogP contribution in [0.25, 0.3) is 0 Å². The molecule has 0 bridgehead atoms.